The van der Waals surface area contributed by atoms with Crippen LogP contribution in [0.2, 0.25) is 0 Å². The molecule has 1 aromatic heterocycles. The Balaban J connectivity index is 1.83. The molecule has 0 saturated carbocycles. The molecule has 5 heteroatoms. The minimum atomic E-state index is 0.0559. The third-order valence-corrected chi connectivity index (χ3v) is 4.36. The lowest BCUT2D eigenvalue weighted by molar-refractivity contribution is 0.0542. The third kappa shape index (κ3) is 3.19. The molecular formula is C18H21N3O2. The van der Waals surface area contributed by atoms with E-state index in [9.17, 15) is 4.79 Å². The first-order valence-electron chi connectivity index (χ1n) is 7.73. The summed E-state index contributed by atoms with van der Waals surface area (Å²) < 4.78 is 5.49. The average molecular weight is 311 g/mol. The Labute approximate surface area is 136 Å². The first kappa shape index (κ1) is 15.5. The van der Waals surface area contributed by atoms with Gasteiger partial charge in [0.25, 0.3) is 5.91 Å². The van der Waals surface area contributed by atoms with E-state index in [4.69, 9.17) is 4.74 Å². The van der Waals surface area contributed by atoms with Crippen molar-refractivity contribution in [2.45, 2.75) is 6.04 Å². The van der Waals surface area contributed by atoms with Gasteiger partial charge >= 0.3 is 0 Å². The van der Waals surface area contributed by atoms with Crippen molar-refractivity contribution in [1.29, 1.82) is 0 Å². The third-order valence-electron chi connectivity index (χ3n) is 4.36. The maximum Gasteiger partial charge on any atom is 0.254 e. The number of carbonyl (C=O) groups is 1. The Kier molecular flexibility index (Phi) is 4.57. The number of piperazine rings is 1. The molecule has 1 saturated heterocycles. The number of ether oxygens (including phenoxy) is 1. The molecule has 0 aliphatic carbocycles. The molecule has 120 valence electrons. The predicted molar refractivity (Wildman–Crippen MR) is 88.5 cm³/mol. The van der Waals surface area contributed by atoms with Crippen LogP contribution in [0.5, 0.6) is 5.75 Å². The number of amides is 1. The molecule has 0 spiro atoms. The van der Waals surface area contributed by atoms with Crippen molar-refractivity contribution in [3.63, 3.8) is 0 Å². The minimum Gasteiger partial charge on any atom is -0.496 e. The van der Waals surface area contributed by atoms with Crippen LogP contribution in [0.4, 0.5) is 0 Å². The Morgan fingerprint density at radius 2 is 1.91 bits per heavy atom. The van der Waals surface area contributed by atoms with Gasteiger partial charge in [0.05, 0.1) is 13.2 Å². The lowest BCUT2D eigenvalue weighted by Gasteiger charge is -2.40. The van der Waals surface area contributed by atoms with Crippen LogP contribution in [0.25, 0.3) is 0 Å². The Morgan fingerprint density at radius 3 is 2.65 bits per heavy atom. The van der Waals surface area contributed by atoms with Crippen molar-refractivity contribution in [2.24, 2.45) is 0 Å². The normalized spacial score (nSPS) is 18.7. The van der Waals surface area contributed by atoms with Crippen LogP contribution in [0.1, 0.15) is 22.0 Å². The highest BCUT2D eigenvalue weighted by Crippen LogP contribution is 2.31. The SMILES string of the molecule is COc1ccccc1C1CN(C(=O)c2ccncc2)CCN1C. The zero-order valence-corrected chi connectivity index (χ0v) is 13.5. The highest BCUT2D eigenvalue weighted by Gasteiger charge is 2.30. The fourth-order valence-electron chi connectivity index (χ4n) is 3.01. The van der Waals surface area contributed by atoms with E-state index in [1.54, 1.807) is 31.6 Å². The molecule has 0 radical (unpaired) electrons. The molecular weight excluding hydrogens is 290 g/mol. The second kappa shape index (κ2) is 6.79. The van der Waals surface area contributed by atoms with Crippen molar-refractivity contribution in [3.05, 3.63) is 59.9 Å². The van der Waals surface area contributed by atoms with Crippen molar-refractivity contribution < 1.29 is 9.53 Å². The van der Waals surface area contributed by atoms with Crippen LogP contribution in [0.15, 0.2) is 48.8 Å². The molecule has 1 aliphatic heterocycles. The van der Waals surface area contributed by atoms with Gasteiger partial charge in [-0.1, -0.05) is 18.2 Å². The van der Waals surface area contributed by atoms with Gasteiger partial charge in [-0.15, -0.1) is 0 Å². The fraction of sp³-hybridized carbons (Fsp3) is 0.333. The molecule has 0 N–H and O–H groups in total. The number of benzene rings is 1. The number of rotatable bonds is 3. The number of nitrogens with zero attached hydrogens (tertiary/aromatic N) is 3. The largest absolute Gasteiger partial charge is 0.496 e. The smallest absolute Gasteiger partial charge is 0.254 e. The molecule has 0 bridgehead atoms. The second-order valence-corrected chi connectivity index (χ2v) is 5.73. The van der Waals surface area contributed by atoms with Gasteiger partial charge in [-0.05, 0) is 25.2 Å². The zero-order valence-electron chi connectivity index (χ0n) is 13.5. The lowest BCUT2D eigenvalue weighted by Crippen LogP contribution is -2.49. The Hall–Kier alpha value is -2.40. The molecule has 23 heavy (non-hydrogen) atoms. The van der Waals surface area contributed by atoms with Crippen molar-refractivity contribution in [1.82, 2.24) is 14.8 Å². The van der Waals surface area contributed by atoms with Gasteiger partial charge in [0.15, 0.2) is 0 Å². The van der Waals surface area contributed by atoms with Crippen LogP contribution in [0.3, 0.4) is 0 Å². The average Bonchev–Trinajstić information content (AvgIpc) is 2.62. The Morgan fingerprint density at radius 1 is 1.17 bits per heavy atom. The van der Waals surface area contributed by atoms with Crippen LogP contribution >= 0.6 is 0 Å². The van der Waals surface area contributed by atoms with Crippen molar-refractivity contribution in [2.75, 3.05) is 33.8 Å². The van der Waals surface area contributed by atoms with Crippen LogP contribution in [0, 0.1) is 0 Å². The molecule has 1 fully saturated rings. The standard InChI is InChI=1S/C18H21N3O2/c1-20-11-12-21(18(22)14-7-9-19-10-8-14)13-16(20)15-5-3-4-6-17(15)23-2/h3-10,16H,11-13H2,1-2H3. The maximum absolute atomic E-state index is 12.7. The van der Waals surface area contributed by atoms with E-state index in [1.807, 2.05) is 23.1 Å². The summed E-state index contributed by atoms with van der Waals surface area (Å²) in [6.07, 6.45) is 3.31. The van der Waals surface area contributed by atoms with Gasteiger partial charge in [-0.3, -0.25) is 14.7 Å². The van der Waals surface area contributed by atoms with Gasteiger partial charge < -0.3 is 9.64 Å². The highest BCUT2D eigenvalue weighted by atomic mass is 16.5. The summed E-state index contributed by atoms with van der Waals surface area (Å²) in [5.41, 5.74) is 1.80. The molecule has 1 aromatic carbocycles. The molecule has 1 unspecified atom stereocenters. The summed E-state index contributed by atoms with van der Waals surface area (Å²) in [6.45, 7) is 2.21. The van der Waals surface area contributed by atoms with E-state index in [2.05, 4.69) is 23.0 Å². The van der Waals surface area contributed by atoms with E-state index in [0.717, 1.165) is 24.4 Å². The van der Waals surface area contributed by atoms with E-state index < -0.39 is 0 Å². The number of carbonyl (C=O) groups excluding carboxylic acids is 1. The molecule has 5 nitrogen and oxygen atoms in total. The van der Waals surface area contributed by atoms with Crippen LogP contribution < -0.4 is 4.74 Å². The summed E-state index contributed by atoms with van der Waals surface area (Å²) in [6, 6.07) is 11.7. The number of para-hydroxylation sites is 1. The maximum atomic E-state index is 12.7. The first-order valence-corrected chi connectivity index (χ1v) is 7.73. The van der Waals surface area contributed by atoms with Gasteiger partial charge in [0.1, 0.15) is 5.75 Å². The number of aromatic nitrogens is 1. The number of methoxy groups -OCH3 is 1. The van der Waals surface area contributed by atoms with Crippen molar-refractivity contribution >= 4 is 5.91 Å². The number of pyridine rings is 1. The van der Waals surface area contributed by atoms with Gasteiger partial charge in [0.2, 0.25) is 0 Å². The topological polar surface area (TPSA) is 45.7 Å². The summed E-state index contributed by atoms with van der Waals surface area (Å²) in [5, 5.41) is 0. The fourth-order valence-corrected chi connectivity index (χ4v) is 3.01. The lowest BCUT2D eigenvalue weighted by atomic mass is 10.0. The van der Waals surface area contributed by atoms with E-state index in [0.29, 0.717) is 12.1 Å². The molecule has 1 aliphatic rings. The molecule has 2 heterocycles. The zero-order chi connectivity index (χ0) is 16.2. The van der Waals surface area contributed by atoms with Gasteiger partial charge in [0, 0.05) is 43.2 Å². The van der Waals surface area contributed by atoms with Gasteiger partial charge in [-0.2, -0.15) is 0 Å². The van der Waals surface area contributed by atoms with E-state index in [1.165, 1.54) is 0 Å². The monoisotopic (exact) mass is 311 g/mol. The summed E-state index contributed by atoms with van der Waals surface area (Å²) in [7, 11) is 3.77. The predicted octanol–water partition coefficient (Wildman–Crippen LogP) is 2.22. The summed E-state index contributed by atoms with van der Waals surface area (Å²) in [4.78, 5) is 20.8. The molecule has 3 rings (SSSR count). The summed E-state index contributed by atoms with van der Waals surface area (Å²) in [5.74, 6) is 0.919. The first-order chi connectivity index (χ1) is 11.2. The molecule has 2 aromatic rings. The van der Waals surface area contributed by atoms with E-state index >= 15 is 0 Å². The second-order valence-electron chi connectivity index (χ2n) is 5.73. The number of hydrogen-bond acceptors (Lipinski definition) is 4. The Bertz CT molecular complexity index is 675. The summed E-state index contributed by atoms with van der Waals surface area (Å²) >= 11 is 0. The van der Waals surface area contributed by atoms with Gasteiger partial charge in [-0.25, -0.2) is 0 Å². The number of hydrogen-bond donors (Lipinski definition) is 0. The quantitative estimate of drug-likeness (QED) is 0.872. The van der Waals surface area contributed by atoms with Crippen LogP contribution in [-0.2, 0) is 0 Å². The van der Waals surface area contributed by atoms with Crippen molar-refractivity contribution in [3.8, 4) is 5.75 Å². The minimum absolute atomic E-state index is 0.0559. The molecule has 1 atom stereocenters. The number of likely N-dealkylation sites (N-methyl/N-ethyl adjacent to an activating group) is 1. The molecule has 1 amide bonds. The van der Waals surface area contributed by atoms with Crippen LogP contribution in [-0.4, -0.2) is 54.5 Å². The highest BCUT2D eigenvalue weighted by molar-refractivity contribution is 5.94. The van der Waals surface area contributed by atoms with E-state index in [-0.39, 0.29) is 11.9 Å².